The predicted octanol–water partition coefficient (Wildman–Crippen LogP) is 3.19. The van der Waals surface area contributed by atoms with Gasteiger partial charge in [-0.1, -0.05) is 6.07 Å². The fourth-order valence-electron chi connectivity index (χ4n) is 1.79. The van der Waals surface area contributed by atoms with Crippen LogP contribution in [0.25, 0.3) is 0 Å². The Morgan fingerprint density at radius 2 is 1.67 bits per heavy atom. The Bertz CT molecular complexity index is 564. The molecule has 0 amide bonds. The average molecular weight is 242 g/mol. The number of anilines is 3. The van der Waals surface area contributed by atoms with E-state index in [0.29, 0.717) is 0 Å². The predicted molar refractivity (Wildman–Crippen MR) is 75.5 cm³/mol. The van der Waals surface area contributed by atoms with Gasteiger partial charge in [0.05, 0.1) is 0 Å². The summed E-state index contributed by atoms with van der Waals surface area (Å²) in [5, 5.41) is 6.32. The van der Waals surface area contributed by atoms with Crippen molar-refractivity contribution in [1.29, 1.82) is 0 Å². The van der Waals surface area contributed by atoms with E-state index in [1.165, 1.54) is 16.7 Å². The number of aryl methyl sites for hydroxylation is 1. The van der Waals surface area contributed by atoms with E-state index >= 15 is 0 Å². The van der Waals surface area contributed by atoms with Gasteiger partial charge < -0.3 is 10.6 Å². The molecule has 0 spiro atoms. The minimum atomic E-state index is 0.792. The van der Waals surface area contributed by atoms with Crippen LogP contribution >= 0.6 is 0 Å². The van der Waals surface area contributed by atoms with E-state index in [-0.39, 0.29) is 0 Å². The Hall–Kier alpha value is -2.10. The molecule has 18 heavy (non-hydrogen) atoms. The summed E-state index contributed by atoms with van der Waals surface area (Å²) in [4.78, 5) is 8.30. The second kappa shape index (κ2) is 5.04. The highest BCUT2D eigenvalue weighted by atomic mass is 15.1. The molecule has 0 aliphatic rings. The molecular formula is C14H18N4. The third kappa shape index (κ3) is 2.42. The van der Waals surface area contributed by atoms with Crippen LogP contribution in [0.2, 0.25) is 0 Å². The lowest BCUT2D eigenvalue weighted by Gasteiger charge is -2.13. The van der Waals surface area contributed by atoms with E-state index in [4.69, 9.17) is 0 Å². The molecule has 4 nitrogen and oxygen atoms in total. The lowest BCUT2D eigenvalue weighted by atomic mass is 10.0. The van der Waals surface area contributed by atoms with Crippen molar-refractivity contribution < 1.29 is 0 Å². The van der Waals surface area contributed by atoms with Gasteiger partial charge in [-0.05, 0) is 43.5 Å². The zero-order valence-corrected chi connectivity index (χ0v) is 11.2. The quantitative estimate of drug-likeness (QED) is 0.868. The van der Waals surface area contributed by atoms with Crippen LogP contribution in [0.1, 0.15) is 16.7 Å². The van der Waals surface area contributed by atoms with E-state index in [1.54, 1.807) is 6.33 Å². The molecule has 0 radical (unpaired) electrons. The van der Waals surface area contributed by atoms with Gasteiger partial charge >= 0.3 is 0 Å². The van der Waals surface area contributed by atoms with E-state index in [2.05, 4.69) is 53.5 Å². The number of nitrogens with one attached hydrogen (secondary N) is 2. The largest absolute Gasteiger partial charge is 0.373 e. The number of nitrogens with zero attached hydrogens (tertiary/aromatic N) is 2. The first-order valence-corrected chi connectivity index (χ1v) is 5.95. The number of hydrogen-bond acceptors (Lipinski definition) is 4. The minimum absolute atomic E-state index is 0.792. The highest BCUT2D eigenvalue weighted by Crippen LogP contribution is 2.24. The molecule has 94 valence electrons. The highest BCUT2D eigenvalue weighted by molar-refractivity contribution is 5.64. The molecule has 0 unspecified atom stereocenters. The molecule has 4 heteroatoms. The van der Waals surface area contributed by atoms with Crippen LogP contribution in [0.15, 0.2) is 24.5 Å². The first-order valence-electron chi connectivity index (χ1n) is 5.95. The molecule has 1 aromatic carbocycles. The maximum Gasteiger partial charge on any atom is 0.135 e. The molecule has 0 fully saturated rings. The van der Waals surface area contributed by atoms with E-state index < -0.39 is 0 Å². The molecule has 0 bridgehead atoms. The monoisotopic (exact) mass is 242 g/mol. The number of hydrogen-bond donors (Lipinski definition) is 2. The van der Waals surface area contributed by atoms with E-state index in [9.17, 15) is 0 Å². The lowest BCUT2D eigenvalue weighted by molar-refractivity contribution is 1.15. The summed E-state index contributed by atoms with van der Waals surface area (Å²) in [6, 6.07) is 6.08. The van der Waals surface area contributed by atoms with Crippen molar-refractivity contribution in [2.45, 2.75) is 20.8 Å². The second-order valence-corrected chi connectivity index (χ2v) is 4.34. The van der Waals surface area contributed by atoms with Crippen LogP contribution in [0.4, 0.5) is 17.3 Å². The first kappa shape index (κ1) is 12.4. The Morgan fingerprint density at radius 1 is 0.944 bits per heavy atom. The van der Waals surface area contributed by atoms with Gasteiger partial charge in [-0.2, -0.15) is 0 Å². The molecule has 2 rings (SSSR count). The Kier molecular flexibility index (Phi) is 3.46. The topological polar surface area (TPSA) is 49.8 Å². The van der Waals surface area contributed by atoms with Crippen molar-refractivity contribution in [2.24, 2.45) is 0 Å². The average Bonchev–Trinajstić information content (AvgIpc) is 2.40. The van der Waals surface area contributed by atoms with E-state index in [0.717, 1.165) is 17.3 Å². The molecule has 1 heterocycles. The standard InChI is InChI=1S/C14H18N4/c1-9-5-6-12(11(3)10(9)2)18-14-7-13(15-4)16-8-17-14/h5-8H,1-4H3,(H2,15,16,17,18). The van der Waals surface area contributed by atoms with Crippen molar-refractivity contribution in [3.63, 3.8) is 0 Å². The van der Waals surface area contributed by atoms with Crippen LogP contribution < -0.4 is 10.6 Å². The Morgan fingerprint density at radius 3 is 2.39 bits per heavy atom. The molecule has 0 aliphatic carbocycles. The van der Waals surface area contributed by atoms with Gasteiger partial charge in [0.1, 0.15) is 18.0 Å². The summed E-state index contributed by atoms with van der Waals surface area (Å²) in [5.41, 5.74) is 4.94. The molecule has 0 saturated heterocycles. The molecule has 0 atom stereocenters. The first-order chi connectivity index (χ1) is 8.61. The number of rotatable bonds is 3. The molecule has 0 saturated carbocycles. The highest BCUT2D eigenvalue weighted by Gasteiger charge is 2.05. The molecule has 2 N–H and O–H groups in total. The molecular weight excluding hydrogens is 224 g/mol. The zero-order valence-electron chi connectivity index (χ0n) is 11.2. The van der Waals surface area contributed by atoms with Gasteiger partial charge in [-0.15, -0.1) is 0 Å². The maximum absolute atomic E-state index is 4.21. The SMILES string of the molecule is CNc1cc(Nc2ccc(C)c(C)c2C)ncn1. The van der Waals surface area contributed by atoms with Crippen molar-refractivity contribution in [1.82, 2.24) is 9.97 Å². The van der Waals surface area contributed by atoms with Gasteiger partial charge in [0.15, 0.2) is 0 Å². The smallest absolute Gasteiger partial charge is 0.135 e. The maximum atomic E-state index is 4.21. The zero-order chi connectivity index (χ0) is 13.1. The van der Waals surface area contributed by atoms with Gasteiger partial charge in [0.25, 0.3) is 0 Å². The van der Waals surface area contributed by atoms with Crippen molar-refractivity contribution >= 4 is 17.3 Å². The number of benzene rings is 1. The van der Waals surface area contributed by atoms with Gasteiger partial charge in [-0.25, -0.2) is 9.97 Å². The summed E-state index contributed by atoms with van der Waals surface area (Å²) in [5.74, 6) is 1.59. The summed E-state index contributed by atoms with van der Waals surface area (Å²) < 4.78 is 0. The van der Waals surface area contributed by atoms with E-state index in [1.807, 2.05) is 13.1 Å². The normalized spacial score (nSPS) is 10.2. The molecule has 0 aliphatic heterocycles. The summed E-state index contributed by atoms with van der Waals surface area (Å²) >= 11 is 0. The number of aromatic nitrogens is 2. The van der Waals surface area contributed by atoms with Crippen LogP contribution in [0, 0.1) is 20.8 Å². The summed E-state index contributed by atoms with van der Waals surface area (Å²) in [6.07, 6.45) is 1.55. The molecule has 1 aromatic heterocycles. The van der Waals surface area contributed by atoms with Gasteiger partial charge in [-0.3, -0.25) is 0 Å². The Balaban J connectivity index is 2.31. The van der Waals surface area contributed by atoms with Crippen LogP contribution in [-0.2, 0) is 0 Å². The van der Waals surface area contributed by atoms with Crippen molar-refractivity contribution in [3.8, 4) is 0 Å². The van der Waals surface area contributed by atoms with Gasteiger partial charge in [0.2, 0.25) is 0 Å². The lowest BCUT2D eigenvalue weighted by Crippen LogP contribution is -2.00. The van der Waals surface area contributed by atoms with Crippen molar-refractivity contribution in [3.05, 3.63) is 41.2 Å². The third-order valence-corrected chi connectivity index (χ3v) is 3.24. The summed E-state index contributed by atoms with van der Waals surface area (Å²) in [6.45, 7) is 6.37. The fraction of sp³-hybridized carbons (Fsp3) is 0.286. The van der Waals surface area contributed by atoms with Crippen LogP contribution in [0.5, 0.6) is 0 Å². The third-order valence-electron chi connectivity index (χ3n) is 3.24. The second-order valence-electron chi connectivity index (χ2n) is 4.34. The minimum Gasteiger partial charge on any atom is -0.373 e. The van der Waals surface area contributed by atoms with Crippen LogP contribution in [-0.4, -0.2) is 17.0 Å². The van der Waals surface area contributed by atoms with Crippen molar-refractivity contribution in [2.75, 3.05) is 17.7 Å². The molecule has 2 aromatic rings. The Labute approximate surface area is 107 Å². The fourth-order valence-corrected chi connectivity index (χ4v) is 1.79. The van der Waals surface area contributed by atoms with Gasteiger partial charge in [0, 0.05) is 18.8 Å². The van der Waals surface area contributed by atoms with Crippen LogP contribution in [0.3, 0.4) is 0 Å². The summed E-state index contributed by atoms with van der Waals surface area (Å²) in [7, 11) is 1.84.